The topological polar surface area (TPSA) is 108 Å². The zero-order chi connectivity index (χ0) is 21.5. The fourth-order valence-corrected chi connectivity index (χ4v) is 2.86. The predicted octanol–water partition coefficient (Wildman–Crippen LogP) is 4.54. The number of carbonyl (C=O) groups is 1. The standard InChI is InChI=1S/C24H24N2O4/c1-16(18-4-2-3-17(15-18)5-14-23(27)28)24(29-21-10-6-19(25)7-11-21)30-22-12-8-20(26)9-13-22/h2-16,24H,25-26H2,1H3,(H,27,28). The third-order valence-electron chi connectivity index (χ3n) is 4.53. The molecule has 154 valence electrons. The number of hydrogen-bond donors (Lipinski definition) is 3. The van der Waals surface area contributed by atoms with Gasteiger partial charge in [0.2, 0.25) is 6.29 Å². The third kappa shape index (κ3) is 5.78. The van der Waals surface area contributed by atoms with Gasteiger partial charge in [0.1, 0.15) is 11.5 Å². The van der Waals surface area contributed by atoms with Crippen molar-refractivity contribution in [2.75, 3.05) is 11.5 Å². The van der Waals surface area contributed by atoms with Crippen LogP contribution in [0.4, 0.5) is 11.4 Å². The second-order valence-corrected chi connectivity index (χ2v) is 6.87. The van der Waals surface area contributed by atoms with Crippen LogP contribution < -0.4 is 20.9 Å². The molecule has 3 aromatic rings. The number of hydrogen-bond acceptors (Lipinski definition) is 5. The average molecular weight is 404 g/mol. The number of nitrogens with two attached hydrogens (primary N) is 2. The molecule has 0 amide bonds. The van der Waals surface area contributed by atoms with Crippen LogP contribution in [0.2, 0.25) is 0 Å². The summed E-state index contributed by atoms with van der Waals surface area (Å²) in [4.78, 5) is 10.8. The lowest BCUT2D eigenvalue weighted by Gasteiger charge is -2.26. The van der Waals surface area contributed by atoms with E-state index in [1.54, 1.807) is 54.6 Å². The smallest absolute Gasteiger partial charge is 0.328 e. The Hall–Kier alpha value is -3.93. The van der Waals surface area contributed by atoms with E-state index in [0.29, 0.717) is 22.9 Å². The van der Waals surface area contributed by atoms with Gasteiger partial charge in [0.05, 0.1) is 5.92 Å². The van der Waals surface area contributed by atoms with E-state index in [9.17, 15) is 4.79 Å². The summed E-state index contributed by atoms with van der Waals surface area (Å²) < 4.78 is 12.3. The van der Waals surface area contributed by atoms with Crippen LogP contribution in [0.25, 0.3) is 6.08 Å². The molecule has 6 heteroatoms. The highest BCUT2D eigenvalue weighted by Gasteiger charge is 2.23. The van der Waals surface area contributed by atoms with Crippen molar-refractivity contribution in [2.24, 2.45) is 0 Å². The van der Waals surface area contributed by atoms with E-state index in [4.69, 9.17) is 26.0 Å². The van der Waals surface area contributed by atoms with Gasteiger partial charge in [0.25, 0.3) is 0 Å². The molecule has 3 rings (SSSR count). The first-order chi connectivity index (χ1) is 14.4. The fraction of sp³-hybridized carbons (Fsp3) is 0.125. The molecule has 0 aliphatic rings. The quantitative estimate of drug-likeness (QED) is 0.289. The zero-order valence-corrected chi connectivity index (χ0v) is 16.6. The Balaban J connectivity index is 1.87. The average Bonchev–Trinajstić information content (AvgIpc) is 2.74. The molecule has 1 atom stereocenters. The van der Waals surface area contributed by atoms with E-state index in [1.807, 2.05) is 31.2 Å². The highest BCUT2D eigenvalue weighted by atomic mass is 16.7. The summed E-state index contributed by atoms with van der Waals surface area (Å²) in [5, 5.41) is 8.86. The number of nitrogen functional groups attached to an aromatic ring is 2. The van der Waals surface area contributed by atoms with Crippen molar-refractivity contribution >= 4 is 23.4 Å². The molecular weight excluding hydrogens is 380 g/mol. The Morgan fingerprint density at radius 3 is 1.93 bits per heavy atom. The van der Waals surface area contributed by atoms with Gasteiger partial charge in [0, 0.05) is 17.5 Å². The molecule has 5 N–H and O–H groups in total. The number of carboxylic acids is 1. The predicted molar refractivity (Wildman–Crippen MR) is 118 cm³/mol. The molecule has 0 saturated heterocycles. The van der Waals surface area contributed by atoms with Crippen LogP contribution in [0.15, 0.2) is 78.9 Å². The van der Waals surface area contributed by atoms with Gasteiger partial charge in [-0.1, -0.05) is 31.2 Å². The number of benzene rings is 3. The SMILES string of the molecule is CC(c1cccc(C=CC(=O)O)c1)C(Oc1ccc(N)cc1)Oc1ccc(N)cc1. The second kappa shape index (κ2) is 9.52. The van der Waals surface area contributed by atoms with Gasteiger partial charge in [-0.25, -0.2) is 4.79 Å². The highest BCUT2D eigenvalue weighted by Crippen LogP contribution is 2.28. The van der Waals surface area contributed by atoms with Crippen molar-refractivity contribution in [1.29, 1.82) is 0 Å². The largest absolute Gasteiger partial charge is 0.478 e. The van der Waals surface area contributed by atoms with E-state index < -0.39 is 12.3 Å². The van der Waals surface area contributed by atoms with Gasteiger partial charge < -0.3 is 26.0 Å². The van der Waals surface area contributed by atoms with Crippen LogP contribution in [-0.2, 0) is 4.79 Å². The number of carboxylic acid groups (broad SMARTS) is 1. The molecule has 0 heterocycles. The molecule has 30 heavy (non-hydrogen) atoms. The maximum absolute atomic E-state index is 10.8. The van der Waals surface area contributed by atoms with Gasteiger partial charge in [-0.2, -0.15) is 0 Å². The Morgan fingerprint density at radius 2 is 1.43 bits per heavy atom. The third-order valence-corrected chi connectivity index (χ3v) is 4.53. The van der Waals surface area contributed by atoms with E-state index in [2.05, 4.69) is 0 Å². The fourth-order valence-electron chi connectivity index (χ4n) is 2.86. The van der Waals surface area contributed by atoms with Crippen LogP contribution in [0.1, 0.15) is 24.0 Å². The van der Waals surface area contributed by atoms with Crippen LogP contribution >= 0.6 is 0 Å². The summed E-state index contributed by atoms with van der Waals surface area (Å²) in [5.41, 5.74) is 14.5. The van der Waals surface area contributed by atoms with E-state index in [-0.39, 0.29) is 5.92 Å². The molecule has 6 nitrogen and oxygen atoms in total. The normalized spacial score (nSPS) is 12.1. The summed E-state index contributed by atoms with van der Waals surface area (Å²) in [6.45, 7) is 1.99. The molecule has 0 radical (unpaired) electrons. The van der Waals surface area contributed by atoms with Crippen molar-refractivity contribution in [2.45, 2.75) is 19.1 Å². The van der Waals surface area contributed by atoms with E-state index in [1.165, 1.54) is 0 Å². The van der Waals surface area contributed by atoms with Gasteiger partial charge in [-0.3, -0.25) is 0 Å². The maximum Gasteiger partial charge on any atom is 0.328 e. The molecule has 0 saturated carbocycles. The van der Waals surface area contributed by atoms with Crippen LogP contribution in [0.5, 0.6) is 11.5 Å². The lowest BCUT2D eigenvalue weighted by atomic mass is 9.98. The van der Waals surface area contributed by atoms with E-state index >= 15 is 0 Å². The van der Waals surface area contributed by atoms with Crippen molar-refractivity contribution < 1.29 is 19.4 Å². The first-order valence-electron chi connectivity index (χ1n) is 9.46. The second-order valence-electron chi connectivity index (χ2n) is 6.87. The van der Waals surface area contributed by atoms with Crippen molar-refractivity contribution in [3.63, 3.8) is 0 Å². The molecule has 0 aliphatic heterocycles. The van der Waals surface area contributed by atoms with E-state index in [0.717, 1.165) is 17.2 Å². The Kier molecular flexibility index (Phi) is 6.60. The lowest BCUT2D eigenvalue weighted by molar-refractivity contribution is -0.131. The molecule has 0 bridgehead atoms. The highest BCUT2D eigenvalue weighted by molar-refractivity contribution is 5.85. The molecule has 0 aliphatic carbocycles. The minimum absolute atomic E-state index is 0.168. The summed E-state index contributed by atoms with van der Waals surface area (Å²) in [6, 6.07) is 21.8. The van der Waals surface area contributed by atoms with Gasteiger partial charge in [0.15, 0.2) is 0 Å². The molecule has 1 unspecified atom stereocenters. The molecular formula is C24H24N2O4. The number of rotatable bonds is 8. The maximum atomic E-state index is 10.8. The monoisotopic (exact) mass is 404 g/mol. The van der Waals surface area contributed by atoms with Crippen LogP contribution in [0, 0.1) is 0 Å². The summed E-state index contributed by atoms with van der Waals surface area (Å²) >= 11 is 0. The van der Waals surface area contributed by atoms with Crippen LogP contribution in [-0.4, -0.2) is 17.4 Å². The van der Waals surface area contributed by atoms with Crippen molar-refractivity contribution in [3.8, 4) is 11.5 Å². The van der Waals surface area contributed by atoms with Crippen molar-refractivity contribution in [3.05, 3.63) is 90.0 Å². The summed E-state index contributed by atoms with van der Waals surface area (Å²) in [5.74, 6) is 0.0832. The van der Waals surface area contributed by atoms with Gasteiger partial charge in [-0.05, 0) is 65.7 Å². The number of ether oxygens (including phenoxy) is 2. The Morgan fingerprint density at radius 1 is 0.900 bits per heavy atom. The molecule has 0 spiro atoms. The zero-order valence-electron chi connectivity index (χ0n) is 16.6. The number of aliphatic carboxylic acids is 1. The van der Waals surface area contributed by atoms with Gasteiger partial charge >= 0.3 is 5.97 Å². The first kappa shape index (κ1) is 20.8. The summed E-state index contributed by atoms with van der Waals surface area (Å²) in [6.07, 6.45) is 2.02. The van der Waals surface area contributed by atoms with Crippen LogP contribution in [0.3, 0.4) is 0 Å². The summed E-state index contributed by atoms with van der Waals surface area (Å²) in [7, 11) is 0. The van der Waals surface area contributed by atoms with Crippen molar-refractivity contribution in [1.82, 2.24) is 0 Å². The molecule has 3 aromatic carbocycles. The minimum Gasteiger partial charge on any atom is -0.478 e. The lowest BCUT2D eigenvalue weighted by Crippen LogP contribution is -2.30. The number of anilines is 2. The first-order valence-corrected chi connectivity index (χ1v) is 9.46. The molecule has 0 aromatic heterocycles. The Bertz CT molecular complexity index is 967. The minimum atomic E-state index is -0.996. The molecule has 0 fully saturated rings. The van der Waals surface area contributed by atoms with Gasteiger partial charge in [-0.15, -0.1) is 0 Å². The Labute approximate surface area is 175 Å².